The summed E-state index contributed by atoms with van der Waals surface area (Å²) in [6, 6.07) is 25.4. The van der Waals surface area contributed by atoms with Gasteiger partial charge in [0.25, 0.3) is 0 Å². The first-order chi connectivity index (χ1) is 35.5. The zero-order chi connectivity index (χ0) is 53.1. The number of hydrogen-bond donors (Lipinski definition) is 0. The maximum atomic E-state index is 14.2. The molecule has 0 unspecified atom stereocenters. The normalized spacial score (nSPS) is 27.1. The van der Waals surface area contributed by atoms with Gasteiger partial charge in [0.1, 0.15) is 0 Å². The van der Waals surface area contributed by atoms with Gasteiger partial charge >= 0.3 is 0 Å². The summed E-state index contributed by atoms with van der Waals surface area (Å²) in [6.07, 6.45) is 27.2. The van der Waals surface area contributed by atoms with Crippen LogP contribution in [-0.4, -0.2) is 0 Å². The lowest BCUT2D eigenvalue weighted by Crippen LogP contribution is -2.25. The highest BCUT2D eigenvalue weighted by Crippen LogP contribution is 2.45. The number of aryl methyl sites for hydroxylation is 4. The Morgan fingerprint density at radius 1 is 0.284 bits per heavy atom. The van der Waals surface area contributed by atoms with Gasteiger partial charge in [-0.1, -0.05) is 170 Å². The van der Waals surface area contributed by atoms with E-state index in [4.69, 9.17) is 0 Å². The van der Waals surface area contributed by atoms with E-state index >= 15 is 0 Å². The van der Waals surface area contributed by atoms with Crippen LogP contribution in [0.25, 0.3) is 22.3 Å². The Labute approximate surface area is 443 Å². The van der Waals surface area contributed by atoms with Crippen LogP contribution in [0.1, 0.15) is 201 Å². The monoisotopic (exact) mass is 1020 g/mol. The third kappa shape index (κ3) is 15.2. The zero-order valence-electron chi connectivity index (χ0n) is 46.3. The minimum absolute atomic E-state index is 0.217. The lowest BCUT2D eigenvalue weighted by Gasteiger charge is -2.37. The van der Waals surface area contributed by atoms with Gasteiger partial charge in [-0.05, 0) is 203 Å². The van der Waals surface area contributed by atoms with E-state index in [1.807, 2.05) is 31.2 Å². The van der Waals surface area contributed by atoms with Crippen molar-refractivity contribution in [3.8, 4) is 22.3 Å². The molecule has 5 aromatic rings. The van der Waals surface area contributed by atoms with Crippen molar-refractivity contribution >= 4 is 0 Å². The van der Waals surface area contributed by atoms with E-state index in [1.165, 1.54) is 95.5 Å². The average Bonchev–Trinajstić information content (AvgIpc) is 3.41. The Kier molecular flexibility index (Phi) is 21.0. The first-order valence-corrected chi connectivity index (χ1v) is 29.0. The second-order valence-electron chi connectivity index (χ2n) is 24.3. The molecule has 10 rings (SSSR count). The molecule has 5 saturated carbocycles. The van der Waals surface area contributed by atoms with E-state index in [2.05, 4.69) is 39.8 Å². The molecule has 0 N–H and O–H groups in total. The molecule has 402 valence electrons. The van der Waals surface area contributed by atoms with Crippen molar-refractivity contribution in [2.45, 2.75) is 196 Å². The lowest BCUT2D eigenvalue weighted by atomic mass is 9.68. The molecule has 0 amide bonds. The molecule has 0 saturated heterocycles. The fourth-order valence-corrected chi connectivity index (χ4v) is 13.1. The zero-order valence-corrected chi connectivity index (χ0v) is 46.3. The van der Waals surface area contributed by atoms with Gasteiger partial charge in [0.05, 0.1) is 0 Å². The largest absolute Gasteiger partial charge is 0.203 e. The van der Waals surface area contributed by atoms with Gasteiger partial charge in [-0.25, -0.2) is 26.3 Å². The summed E-state index contributed by atoms with van der Waals surface area (Å²) >= 11 is 0. The van der Waals surface area contributed by atoms with Crippen LogP contribution in [-0.2, 0) is 0 Å². The SMILES string of the molecule is CC1CCC(C2CCC(C)CC2)CC1.Cc1ccc(-c2ccc(C)c(F)c2F)cc1.Cc1ccc(-c2ccc(C3CCC(C)CC3)cc2)c(F)c1F.Cc1ccc(C2CCC(C3CCC(C)CC3)CC2)c(F)c1F. The minimum Gasteiger partial charge on any atom is -0.203 e. The van der Waals surface area contributed by atoms with Crippen LogP contribution in [0.4, 0.5) is 26.3 Å². The number of benzene rings is 5. The van der Waals surface area contributed by atoms with Crippen molar-refractivity contribution < 1.29 is 26.3 Å². The van der Waals surface area contributed by atoms with Crippen LogP contribution in [0.5, 0.6) is 0 Å². The van der Waals surface area contributed by atoms with Crippen LogP contribution in [0, 0.1) is 110 Å². The standard InChI is InChI=1S/C20H28F2.C20H22F2.C14H12F2.C14H26/c2*1-13-3-6-15(7-4-13)16-8-10-17(11-9-16)18-12-5-14(2)19(21)20(18)22;1-9-3-6-11(7-4-9)12-8-5-10(2)13(15)14(12)16;1-11-3-7-13(8-4-11)14-9-5-12(2)6-10-14/h5,12-13,15-17H,3-4,6-11H2,1-2H3;5,8-13,15H,3-4,6-7H2,1-2H3;3-8H,1-2H3;11-14H,3-10H2,1-2H3. The number of halogens is 6. The van der Waals surface area contributed by atoms with E-state index in [0.29, 0.717) is 44.9 Å². The second-order valence-corrected chi connectivity index (χ2v) is 24.3. The third-order valence-electron chi connectivity index (χ3n) is 18.7. The summed E-state index contributed by atoms with van der Waals surface area (Å²) in [5.74, 6) is 4.25. The van der Waals surface area contributed by atoms with E-state index in [1.54, 1.807) is 95.0 Å². The Bertz CT molecular complexity index is 2480. The summed E-state index contributed by atoms with van der Waals surface area (Å²) in [5, 5.41) is 0. The molecule has 5 aliphatic rings. The quantitative estimate of drug-likeness (QED) is 0.149. The maximum absolute atomic E-state index is 14.2. The first-order valence-electron chi connectivity index (χ1n) is 29.0. The van der Waals surface area contributed by atoms with Gasteiger partial charge in [0.2, 0.25) is 0 Å². The number of hydrogen-bond acceptors (Lipinski definition) is 0. The molecule has 5 fully saturated rings. The molecule has 0 nitrogen and oxygen atoms in total. The van der Waals surface area contributed by atoms with Gasteiger partial charge in [-0.3, -0.25) is 0 Å². The minimum atomic E-state index is -0.774. The van der Waals surface area contributed by atoms with Crippen LogP contribution >= 0.6 is 0 Å². The summed E-state index contributed by atoms with van der Waals surface area (Å²) in [5.41, 5.74) is 6.19. The van der Waals surface area contributed by atoms with Crippen LogP contribution in [0.15, 0.2) is 84.9 Å². The van der Waals surface area contributed by atoms with Gasteiger partial charge in [0.15, 0.2) is 34.9 Å². The summed E-state index contributed by atoms with van der Waals surface area (Å²) in [7, 11) is 0. The van der Waals surface area contributed by atoms with Gasteiger partial charge in [0, 0.05) is 11.1 Å². The van der Waals surface area contributed by atoms with Crippen molar-refractivity contribution in [3.63, 3.8) is 0 Å². The third-order valence-corrected chi connectivity index (χ3v) is 18.7. The molecular weight excluding hydrogens is 931 g/mol. The van der Waals surface area contributed by atoms with E-state index in [0.717, 1.165) is 71.3 Å². The second kappa shape index (κ2) is 27.1. The summed E-state index contributed by atoms with van der Waals surface area (Å²) in [4.78, 5) is 0. The predicted molar refractivity (Wildman–Crippen MR) is 297 cm³/mol. The van der Waals surface area contributed by atoms with Gasteiger partial charge in [-0.15, -0.1) is 0 Å². The molecule has 5 aliphatic carbocycles. The molecule has 5 aromatic carbocycles. The highest BCUT2D eigenvalue weighted by Gasteiger charge is 2.32. The molecular formula is C68H88F6. The highest BCUT2D eigenvalue weighted by atomic mass is 19.2. The maximum Gasteiger partial charge on any atom is 0.166 e. The van der Waals surface area contributed by atoms with Crippen molar-refractivity contribution in [2.75, 3.05) is 0 Å². The average molecular weight is 1020 g/mol. The van der Waals surface area contributed by atoms with Crippen LogP contribution in [0.3, 0.4) is 0 Å². The topological polar surface area (TPSA) is 0 Å². The predicted octanol–water partition coefficient (Wildman–Crippen LogP) is 21.5. The molecule has 0 heterocycles. The van der Waals surface area contributed by atoms with Gasteiger partial charge in [-0.2, -0.15) is 0 Å². The Hall–Kier alpha value is -4.32. The van der Waals surface area contributed by atoms with E-state index < -0.39 is 34.9 Å². The Morgan fingerprint density at radius 3 is 0.959 bits per heavy atom. The number of rotatable bonds is 6. The van der Waals surface area contributed by atoms with Crippen LogP contribution in [0.2, 0.25) is 0 Å². The van der Waals surface area contributed by atoms with Crippen molar-refractivity contribution in [1.82, 2.24) is 0 Å². The van der Waals surface area contributed by atoms with Crippen molar-refractivity contribution in [3.05, 3.63) is 153 Å². The van der Waals surface area contributed by atoms with E-state index in [-0.39, 0.29) is 5.92 Å². The first kappa shape index (κ1) is 57.4. The lowest BCUT2D eigenvalue weighted by molar-refractivity contribution is 0.155. The molecule has 6 heteroatoms. The Balaban J connectivity index is 0.000000147. The van der Waals surface area contributed by atoms with Crippen molar-refractivity contribution in [1.29, 1.82) is 0 Å². The fraction of sp³-hybridized carbons (Fsp3) is 0.559. The van der Waals surface area contributed by atoms with Gasteiger partial charge < -0.3 is 0 Å². The smallest absolute Gasteiger partial charge is 0.166 e. The molecule has 0 radical (unpaired) electrons. The summed E-state index contributed by atoms with van der Waals surface area (Å²) < 4.78 is 82.8. The summed E-state index contributed by atoms with van der Waals surface area (Å²) in [6.45, 7) is 16.2. The Morgan fingerprint density at radius 2 is 0.581 bits per heavy atom. The van der Waals surface area contributed by atoms with Crippen LogP contribution < -0.4 is 0 Å². The molecule has 0 aliphatic heterocycles. The molecule has 0 aromatic heterocycles. The fourth-order valence-electron chi connectivity index (χ4n) is 13.1. The molecule has 0 bridgehead atoms. The molecule has 0 atom stereocenters. The van der Waals surface area contributed by atoms with Crippen molar-refractivity contribution in [2.24, 2.45) is 47.3 Å². The highest BCUT2D eigenvalue weighted by molar-refractivity contribution is 5.66. The molecule has 0 spiro atoms. The molecule has 74 heavy (non-hydrogen) atoms. The van der Waals surface area contributed by atoms with E-state index in [9.17, 15) is 26.3 Å².